The van der Waals surface area contributed by atoms with E-state index >= 15 is 0 Å². The van der Waals surface area contributed by atoms with Crippen LogP contribution in [0.5, 0.6) is 0 Å². The molecule has 0 amide bonds. The first-order valence-electron chi connectivity index (χ1n) is 9.27. The molecule has 1 heteroatoms. The summed E-state index contributed by atoms with van der Waals surface area (Å²) < 4.78 is 0. The lowest BCUT2D eigenvalue weighted by atomic mass is 9.91. The summed E-state index contributed by atoms with van der Waals surface area (Å²) in [4.78, 5) is 2.19. The van der Waals surface area contributed by atoms with Gasteiger partial charge in [-0.1, -0.05) is 85.5 Å². The van der Waals surface area contributed by atoms with E-state index in [1.165, 1.54) is 33.5 Å². The van der Waals surface area contributed by atoms with Crippen LogP contribution >= 0.6 is 0 Å². The molecule has 0 bridgehead atoms. The average molecular weight is 349 g/mol. The van der Waals surface area contributed by atoms with Crippen molar-refractivity contribution in [1.29, 1.82) is 0 Å². The van der Waals surface area contributed by atoms with Crippen LogP contribution in [0.1, 0.15) is 5.56 Å². The highest BCUT2D eigenvalue weighted by Gasteiger charge is 2.17. The normalized spacial score (nSPS) is 16.0. The van der Waals surface area contributed by atoms with E-state index in [1.54, 1.807) is 0 Å². The molecule has 3 aromatic rings. The molecule has 1 aliphatic rings. The average Bonchev–Trinajstić information content (AvgIpc) is 2.79. The van der Waals surface area contributed by atoms with Crippen molar-refractivity contribution in [1.82, 2.24) is 0 Å². The SMILES string of the molecule is C=C1/C=C\C=C/Cc2c(-c3ccccc3)cc(-c3ccccc3)cc2N1C. The maximum Gasteiger partial charge on any atom is 0.0456 e. The maximum atomic E-state index is 4.25. The summed E-state index contributed by atoms with van der Waals surface area (Å²) >= 11 is 0. The van der Waals surface area contributed by atoms with Gasteiger partial charge in [0, 0.05) is 18.4 Å². The van der Waals surface area contributed by atoms with Crippen LogP contribution in [-0.4, -0.2) is 7.05 Å². The van der Waals surface area contributed by atoms with Crippen LogP contribution < -0.4 is 4.90 Å². The van der Waals surface area contributed by atoms with Crippen LogP contribution in [0.3, 0.4) is 0 Å². The Balaban J connectivity index is 2.00. The lowest BCUT2D eigenvalue weighted by Crippen LogP contribution is -2.16. The highest BCUT2D eigenvalue weighted by atomic mass is 15.1. The van der Waals surface area contributed by atoms with Crippen molar-refractivity contribution < 1.29 is 0 Å². The summed E-state index contributed by atoms with van der Waals surface area (Å²) in [5.41, 5.74) is 8.47. The van der Waals surface area contributed by atoms with E-state index < -0.39 is 0 Å². The zero-order valence-electron chi connectivity index (χ0n) is 15.6. The van der Waals surface area contributed by atoms with E-state index in [1.807, 2.05) is 0 Å². The van der Waals surface area contributed by atoms with E-state index in [0.717, 1.165) is 12.1 Å². The topological polar surface area (TPSA) is 3.24 Å². The largest absolute Gasteiger partial charge is 0.345 e. The Hall–Kier alpha value is -3.32. The Morgan fingerprint density at radius 2 is 1.44 bits per heavy atom. The van der Waals surface area contributed by atoms with Gasteiger partial charge in [0.25, 0.3) is 0 Å². The van der Waals surface area contributed by atoms with Crippen molar-refractivity contribution in [2.24, 2.45) is 0 Å². The molecule has 0 unspecified atom stereocenters. The monoisotopic (exact) mass is 349 g/mol. The molecule has 27 heavy (non-hydrogen) atoms. The first-order valence-corrected chi connectivity index (χ1v) is 9.27. The molecule has 0 atom stereocenters. The lowest BCUT2D eigenvalue weighted by molar-refractivity contribution is 1.11. The summed E-state index contributed by atoms with van der Waals surface area (Å²) in [6.45, 7) is 4.25. The molecule has 0 N–H and O–H groups in total. The second-order valence-electron chi connectivity index (χ2n) is 6.80. The van der Waals surface area contributed by atoms with Crippen LogP contribution in [-0.2, 0) is 6.42 Å². The van der Waals surface area contributed by atoms with E-state index in [4.69, 9.17) is 0 Å². The Morgan fingerprint density at radius 3 is 2.15 bits per heavy atom. The minimum Gasteiger partial charge on any atom is -0.345 e. The number of hydrogen-bond acceptors (Lipinski definition) is 1. The molecule has 0 saturated carbocycles. The number of nitrogens with zero attached hydrogens (tertiary/aromatic N) is 1. The number of anilines is 1. The van der Waals surface area contributed by atoms with Crippen LogP contribution in [0.2, 0.25) is 0 Å². The van der Waals surface area contributed by atoms with Crippen molar-refractivity contribution in [2.75, 3.05) is 11.9 Å². The van der Waals surface area contributed by atoms with Gasteiger partial charge in [0.15, 0.2) is 0 Å². The predicted molar refractivity (Wildman–Crippen MR) is 117 cm³/mol. The van der Waals surface area contributed by atoms with Gasteiger partial charge in [0.05, 0.1) is 0 Å². The molecule has 0 fully saturated rings. The number of rotatable bonds is 2. The van der Waals surface area contributed by atoms with Gasteiger partial charge in [-0.05, 0) is 52.4 Å². The summed E-state index contributed by atoms with van der Waals surface area (Å²) in [5, 5.41) is 0. The van der Waals surface area contributed by atoms with E-state index in [9.17, 15) is 0 Å². The Kier molecular flexibility index (Phi) is 4.76. The van der Waals surface area contributed by atoms with E-state index in [-0.39, 0.29) is 0 Å². The molecule has 0 aliphatic carbocycles. The summed E-state index contributed by atoms with van der Waals surface area (Å²) in [7, 11) is 2.10. The van der Waals surface area contributed by atoms with Crippen LogP contribution in [0.25, 0.3) is 22.3 Å². The van der Waals surface area contributed by atoms with Gasteiger partial charge in [-0.25, -0.2) is 0 Å². The fourth-order valence-corrected chi connectivity index (χ4v) is 3.54. The molecule has 1 aliphatic heterocycles. The summed E-state index contributed by atoms with van der Waals surface area (Å²) in [5.74, 6) is 0. The van der Waals surface area contributed by atoms with Gasteiger partial charge >= 0.3 is 0 Å². The quantitative estimate of drug-likeness (QED) is 0.501. The maximum absolute atomic E-state index is 4.25. The number of fused-ring (bicyclic) bond motifs is 1. The van der Waals surface area contributed by atoms with Crippen molar-refractivity contribution in [2.45, 2.75) is 6.42 Å². The molecule has 3 aromatic carbocycles. The number of benzene rings is 3. The third kappa shape index (κ3) is 3.50. The second-order valence-corrected chi connectivity index (χ2v) is 6.80. The molecule has 0 aromatic heterocycles. The fraction of sp³-hybridized carbons (Fsp3) is 0.0769. The Bertz CT molecular complexity index is 1010. The van der Waals surface area contributed by atoms with Gasteiger partial charge < -0.3 is 4.90 Å². The Morgan fingerprint density at radius 1 is 0.778 bits per heavy atom. The molecule has 0 spiro atoms. The smallest absolute Gasteiger partial charge is 0.0456 e. The van der Waals surface area contributed by atoms with Crippen molar-refractivity contribution in [3.05, 3.63) is 115 Å². The standard InChI is InChI=1S/C26H23N/c1-20-12-6-3-11-17-24-25(22-15-9-5-10-16-22)18-23(19-26(24)27(20)2)21-13-7-4-8-14-21/h3-16,18-19H,1,17H2,2H3/b11-3-,12-6-. The van der Waals surface area contributed by atoms with Gasteiger partial charge in [-0.2, -0.15) is 0 Å². The second kappa shape index (κ2) is 7.51. The molecule has 0 radical (unpaired) electrons. The van der Waals surface area contributed by atoms with Gasteiger partial charge in [0.1, 0.15) is 0 Å². The van der Waals surface area contributed by atoms with Crippen LogP contribution in [0, 0.1) is 0 Å². The third-order valence-corrected chi connectivity index (χ3v) is 5.07. The number of allylic oxidation sites excluding steroid dienone is 4. The van der Waals surface area contributed by atoms with Gasteiger partial charge in [-0.3, -0.25) is 0 Å². The Labute approximate surface area is 161 Å². The fourth-order valence-electron chi connectivity index (χ4n) is 3.54. The highest BCUT2D eigenvalue weighted by molar-refractivity contribution is 5.83. The minimum absolute atomic E-state index is 0.886. The molecule has 0 saturated heterocycles. The molecular formula is C26H23N. The summed E-state index contributed by atoms with van der Waals surface area (Å²) in [6.07, 6.45) is 9.33. The number of hydrogen-bond donors (Lipinski definition) is 0. The van der Waals surface area contributed by atoms with Crippen LogP contribution in [0.15, 0.2) is 109 Å². The molecule has 1 heterocycles. The lowest BCUT2D eigenvalue weighted by Gasteiger charge is -2.25. The third-order valence-electron chi connectivity index (χ3n) is 5.07. The van der Waals surface area contributed by atoms with Gasteiger partial charge in [0.2, 0.25) is 0 Å². The van der Waals surface area contributed by atoms with E-state index in [0.29, 0.717) is 0 Å². The molecular weight excluding hydrogens is 326 g/mol. The van der Waals surface area contributed by atoms with Crippen molar-refractivity contribution >= 4 is 5.69 Å². The van der Waals surface area contributed by atoms with Crippen molar-refractivity contribution in [3.63, 3.8) is 0 Å². The van der Waals surface area contributed by atoms with E-state index in [2.05, 4.69) is 116 Å². The minimum atomic E-state index is 0.886. The first kappa shape index (κ1) is 17.1. The first-order chi connectivity index (χ1) is 13.2. The van der Waals surface area contributed by atoms with Crippen molar-refractivity contribution in [3.8, 4) is 22.3 Å². The highest BCUT2D eigenvalue weighted by Crippen LogP contribution is 2.38. The molecule has 4 rings (SSSR count). The molecule has 132 valence electrons. The summed E-state index contributed by atoms with van der Waals surface area (Å²) in [6, 6.07) is 25.8. The molecule has 1 nitrogen and oxygen atoms in total. The zero-order chi connectivity index (χ0) is 18.6. The number of likely N-dealkylation sites (N-methyl/N-ethyl adjacent to an activating group) is 1. The van der Waals surface area contributed by atoms with Gasteiger partial charge in [-0.15, -0.1) is 0 Å². The predicted octanol–water partition coefficient (Wildman–Crippen LogP) is 6.64. The van der Waals surface area contributed by atoms with Crippen LogP contribution in [0.4, 0.5) is 5.69 Å². The zero-order valence-corrected chi connectivity index (χ0v) is 15.6.